The summed E-state index contributed by atoms with van der Waals surface area (Å²) in [6.07, 6.45) is 3.33. The topological polar surface area (TPSA) is 33.3 Å². The fourth-order valence-corrected chi connectivity index (χ4v) is 1.82. The molecule has 0 bridgehead atoms. The van der Waals surface area contributed by atoms with Crippen LogP contribution >= 0.6 is 0 Å². The molecule has 1 rings (SSSR count). The minimum absolute atomic E-state index is 0.222. The van der Waals surface area contributed by atoms with E-state index in [-0.39, 0.29) is 5.54 Å². The monoisotopic (exact) mass is 214 g/mol. The van der Waals surface area contributed by atoms with E-state index in [1.54, 1.807) is 0 Å². The number of nitrogens with one attached hydrogen (secondary N) is 2. The molecule has 90 valence electrons. The molecule has 1 saturated heterocycles. The van der Waals surface area contributed by atoms with Gasteiger partial charge in [0.05, 0.1) is 12.2 Å². The Labute approximate surface area is 94.0 Å². The Kier molecular flexibility index (Phi) is 5.03. The molecule has 1 aliphatic heterocycles. The normalized spacial score (nSPS) is 27.2. The molecule has 3 nitrogen and oxygen atoms in total. The lowest BCUT2D eigenvalue weighted by Gasteiger charge is -2.21. The molecule has 2 unspecified atom stereocenters. The molecule has 2 N–H and O–H groups in total. The molecule has 0 amide bonds. The van der Waals surface area contributed by atoms with Crippen molar-refractivity contribution in [3.63, 3.8) is 0 Å². The predicted octanol–water partition coefficient (Wildman–Crippen LogP) is 1.53. The summed E-state index contributed by atoms with van der Waals surface area (Å²) in [6.45, 7) is 11.8. The second-order valence-corrected chi connectivity index (χ2v) is 5.53. The molecule has 0 saturated carbocycles. The van der Waals surface area contributed by atoms with Crippen LogP contribution in [0.1, 0.15) is 40.5 Å². The van der Waals surface area contributed by atoms with Gasteiger partial charge in [-0.05, 0) is 40.5 Å². The lowest BCUT2D eigenvalue weighted by atomic mass is 10.1. The van der Waals surface area contributed by atoms with Crippen LogP contribution in [0.3, 0.4) is 0 Å². The largest absolute Gasteiger partial charge is 0.374 e. The molecular formula is C12H26N2O. The van der Waals surface area contributed by atoms with Crippen molar-refractivity contribution in [2.24, 2.45) is 0 Å². The van der Waals surface area contributed by atoms with E-state index in [2.05, 4.69) is 38.3 Å². The summed E-state index contributed by atoms with van der Waals surface area (Å²) in [5.41, 5.74) is 0.222. The average Bonchev–Trinajstić information content (AvgIpc) is 2.49. The maximum atomic E-state index is 5.73. The van der Waals surface area contributed by atoms with E-state index in [1.165, 1.54) is 12.8 Å². The van der Waals surface area contributed by atoms with Crippen LogP contribution in [-0.4, -0.2) is 37.4 Å². The Morgan fingerprint density at radius 2 is 1.93 bits per heavy atom. The van der Waals surface area contributed by atoms with Gasteiger partial charge >= 0.3 is 0 Å². The summed E-state index contributed by atoms with van der Waals surface area (Å²) in [4.78, 5) is 0. The minimum Gasteiger partial charge on any atom is -0.374 e. The van der Waals surface area contributed by atoms with E-state index in [4.69, 9.17) is 4.74 Å². The van der Waals surface area contributed by atoms with Crippen LogP contribution in [0, 0.1) is 0 Å². The van der Waals surface area contributed by atoms with Crippen LogP contribution in [0.4, 0.5) is 0 Å². The molecule has 0 aromatic heterocycles. The lowest BCUT2D eigenvalue weighted by Crippen LogP contribution is -2.41. The van der Waals surface area contributed by atoms with Crippen molar-refractivity contribution in [2.75, 3.05) is 19.6 Å². The van der Waals surface area contributed by atoms with Crippen LogP contribution < -0.4 is 10.6 Å². The minimum atomic E-state index is 0.222. The third-order valence-corrected chi connectivity index (χ3v) is 2.65. The first-order valence-electron chi connectivity index (χ1n) is 6.08. The van der Waals surface area contributed by atoms with E-state index in [0.29, 0.717) is 12.2 Å². The third kappa shape index (κ3) is 6.13. The lowest BCUT2D eigenvalue weighted by molar-refractivity contribution is 0.0562. The van der Waals surface area contributed by atoms with Crippen molar-refractivity contribution < 1.29 is 4.74 Å². The Hall–Kier alpha value is -0.120. The van der Waals surface area contributed by atoms with Gasteiger partial charge in [0.2, 0.25) is 0 Å². The summed E-state index contributed by atoms with van der Waals surface area (Å²) < 4.78 is 5.73. The van der Waals surface area contributed by atoms with E-state index in [0.717, 1.165) is 19.6 Å². The molecule has 3 heteroatoms. The maximum Gasteiger partial charge on any atom is 0.0704 e. The van der Waals surface area contributed by atoms with E-state index in [9.17, 15) is 0 Å². The first kappa shape index (κ1) is 12.9. The first-order valence-corrected chi connectivity index (χ1v) is 6.08. The predicted molar refractivity (Wildman–Crippen MR) is 64.2 cm³/mol. The first-order chi connectivity index (χ1) is 6.97. The van der Waals surface area contributed by atoms with Gasteiger partial charge in [0.25, 0.3) is 0 Å². The Morgan fingerprint density at radius 3 is 2.47 bits per heavy atom. The summed E-state index contributed by atoms with van der Waals surface area (Å²) in [5, 5.41) is 6.89. The zero-order valence-electron chi connectivity index (χ0n) is 10.6. The fourth-order valence-electron chi connectivity index (χ4n) is 1.82. The number of hydrogen-bond donors (Lipinski definition) is 2. The van der Waals surface area contributed by atoms with Gasteiger partial charge in [-0.1, -0.05) is 0 Å². The van der Waals surface area contributed by atoms with Gasteiger partial charge in [-0.15, -0.1) is 0 Å². The van der Waals surface area contributed by atoms with Crippen molar-refractivity contribution in [1.82, 2.24) is 10.6 Å². The molecule has 0 aliphatic carbocycles. The third-order valence-electron chi connectivity index (χ3n) is 2.65. The standard InChI is InChI=1S/C12H26N2O/c1-10-5-6-11(15-10)9-13-7-8-14-12(2,3)4/h10-11,13-14H,5-9H2,1-4H3. The van der Waals surface area contributed by atoms with Crippen molar-refractivity contribution in [2.45, 2.75) is 58.3 Å². The highest BCUT2D eigenvalue weighted by Crippen LogP contribution is 2.17. The van der Waals surface area contributed by atoms with E-state index in [1.807, 2.05) is 0 Å². The zero-order valence-corrected chi connectivity index (χ0v) is 10.6. The molecule has 0 radical (unpaired) electrons. The maximum absolute atomic E-state index is 5.73. The van der Waals surface area contributed by atoms with Gasteiger partial charge in [0, 0.05) is 25.2 Å². The summed E-state index contributed by atoms with van der Waals surface area (Å²) in [6, 6.07) is 0. The molecule has 1 aliphatic rings. The highest BCUT2D eigenvalue weighted by molar-refractivity contribution is 4.74. The Morgan fingerprint density at radius 1 is 1.20 bits per heavy atom. The van der Waals surface area contributed by atoms with Gasteiger partial charge in [-0.25, -0.2) is 0 Å². The SMILES string of the molecule is CC1CCC(CNCCNC(C)(C)C)O1. The van der Waals surface area contributed by atoms with Crippen molar-refractivity contribution >= 4 is 0 Å². The van der Waals surface area contributed by atoms with Crippen LogP contribution in [0.5, 0.6) is 0 Å². The van der Waals surface area contributed by atoms with Gasteiger partial charge in [-0.3, -0.25) is 0 Å². The summed E-state index contributed by atoms with van der Waals surface area (Å²) in [5.74, 6) is 0. The van der Waals surface area contributed by atoms with Gasteiger partial charge in [-0.2, -0.15) is 0 Å². The van der Waals surface area contributed by atoms with Crippen molar-refractivity contribution in [1.29, 1.82) is 0 Å². The molecule has 0 spiro atoms. The molecule has 15 heavy (non-hydrogen) atoms. The highest BCUT2D eigenvalue weighted by Gasteiger charge is 2.20. The van der Waals surface area contributed by atoms with Crippen molar-refractivity contribution in [3.05, 3.63) is 0 Å². The fraction of sp³-hybridized carbons (Fsp3) is 1.00. The molecule has 2 atom stereocenters. The van der Waals surface area contributed by atoms with E-state index >= 15 is 0 Å². The molecule has 1 fully saturated rings. The smallest absolute Gasteiger partial charge is 0.0704 e. The second kappa shape index (κ2) is 5.83. The summed E-state index contributed by atoms with van der Waals surface area (Å²) in [7, 11) is 0. The summed E-state index contributed by atoms with van der Waals surface area (Å²) >= 11 is 0. The number of hydrogen-bond acceptors (Lipinski definition) is 3. The second-order valence-electron chi connectivity index (χ2n) is 5.53. The van der Waals surface area contributed by atoms with Gasteiger partial charge in [0.1, 0.15) is 0 Å². The molecule has 0 aromatic rings. The molecule has 1 heterocycles. The Balaban J connectivity index is 1.93. The van der Waals surface area contributed by atoms with Crippen molar-refractivity contribution in [3.8, 4) is 0 Å². The zero-order chi connectivity index (χ0) is 11.3. The van der Waals surface area contributed by atoms with E-state index < -0.39 is 0 Å². The number of rotatable bonds is 5. The average molecular weight is 214 g/mol. The van der Waals surface area contributed by atoms with Gasteiger partial charge < -0.3 is 15.4 Å². The quantitative estimate of drug-likeness (QED) is 0.681. The van der Waals surface area contributed by atoms with Crippen LogP contribution in [0.25, 0.3) is 0 Å². The molecule has 0 aromatic carbocycles. The number of ether oxygens (including phenoxy) is 1. The van der Waals surface area contributed by atoms with Crippen LogP contribution in [0.2, 0.25) is 0 Å². The highest BCUT2D eigenvalue weighted by atomic mass is 16.5. The Bertz CT molecular complexity index is 177. The van der Waals surface area contributed by atoms with Gasteiger partial charge in [0.15, 0.2) is 0 Å². The molecular weight excluding hydrogens is 188 g/mol. The van der Waals surface area contributed by atoms with Crippen LogP contribution in [0.15, 0.2) is 0 Å². The van der Waals surface area contributed by atoms with Crippen LogP contribution in [-0.2, 0) is 4.74 Å².